The Morgan fingerprint density at radius 3 is 1.87 bits per heavy atom. The quantitative estimate of drug-likeness (QED) is 0.395. The van der Waals surface area contributed by atoms with E-state index < -0.39 is 19.1 Å². The van der Waals surface area contributed by atoms with E-state index in [1.165, 1.54) is 10.4 Å². The van der Waals surface area contributed by atoms with E-state index in [9.17, 15) is 4.21 Å². The first kappa shape index (κ1) is 22.2. The maximum absolute atomic E-state index is 12.9. The Morgan fingerprint density at radius 2 is 1.39 bits per heavy atom. The summed E-state index contributed by atoms with van der Waals surface area (Å²) in [4.78, 5) is 0.809. The predicted octanol–water partition coefficient (Wildman–Crippen LogP) is 4.40. The second-order valence-corrected chi connectivity index (χ2v) is 15.0. The summed E-state index contributed by atoms with van der Waals surface area (Å²) < 4.78 is 25.7. The molecule has 3 aromatic rings. The van der Waals surface area contributed by atoms with Crippen molar-refractivity contribution in [3.63, 3.8) is 0 Å². The molecule has 0 N–H and O–H groups in total. The number of epoxide rings is 1. The molecule has 0 radical (unpaired) electrons. The first-order valence-corrected chi connectivity index (χ1v) is 13.8. The van der Waals surface area contributed by atoms with E-state index in [-0.39, 0.29) is 16.6 Å². The topological polar surface area (TPSA) is 38.8 Å². The minimum Gasteiger partial charge on any atom is -0.405 e. The molecule has 0 aliphatic carbocycles. The van der Waals surface area contributed by atoms with Gasteiger partial charge in [-0.25, -0.2) is 0 Å². The average molecular weight is 451 g/mol. The van der Waals surface area contributed by atoms with Gasteiger partial charge in [0, 0.05) is 4.90 Å². The summed E-state index contributed by atoms with van der Waals surface area (Å²) in [6, 6.07) is 29.0. The largest absolute Gasteiger partial charge is 0.405 e. The van der Waals surface area contributed by atoms with Gasteiger partial charge in [0.2, 0.25) is 0 Å². The van der Waals surface area contributed by atoms with Gasteiger partial charge in [-0.2, -0.15) is 0 Å². The fourth-order valence-electron chi connectivity index (χ4n) is 4.21. The molecule has 1 fully saturated rings. The van der Waals surface area contributed by atoms with Crippen LogP contribution in [0, 0.1) is 6.92 Å². The Kier molecular flexibility index (Phi) is 6.31. The minimum absolute atomic E-state index is 0.0871. The lowest BCUT2D eigenvalue weighted by molar-refractivity contribution is 0.249. The molecule has 0 aromatic heterocycles. The van der Waals surface area contributed by atoms with Crippen molar-refractivity contribution in [3.05, 3.63) is 90.5 Å². The van der Waals surface area contributed by atoms with Gasteiger partial charge in [0.05, 0.1) is 17.4 Å². The molecule has 0 saturated carbocycles. The van der Waals surface area contributed by atoms with Crippen LogP contribution in [0.3, 0.4) is 0 Å². The molecule has 162 valence electrons. The minimum atomic E-state index is -2.60. The molecule has 1 heterocycles. The first-order valence-electron chi connectivity index (χ1n) is 10.7. The number of aryl methyl sites for hydroxylation is 1. The molecule has 3 nitrogen and oxygen atoms in total. The van der Waals surface area contributed by atoms with E-state index in [0.29, 0.717) is 6.61 Å². The smallest absolute Gasteiger partial charge is 0.261 e. The molecule has 5 heteroatoms. The average Bonchev–Trinajstić information content (AvgIpc) is 3.54. The van der Waals surface area contributed by atoms with Crippen LogP contribution in [0.25, 0.3) is 0 Å². The Balaban J connectivity index is 1.59. The second kappa shape index (κ2) is 8.83. The van der Waals surface area contributed by atoms with Crippen molar-refractivity contribution < 1.29 is 13.4 Å². The molecule has 3 atom stereocenters. The van der Waals surface area contributed by atoms with Gasteiger partial charge in [-0.05, 0) is 34.5 Å². The van der Waals surface area contributed by atoms with Crippen molar-refractivity contribution in [1.29, 1.82) is 0 Å². The van der Waals surface area contributed by atoms with E-state index in [4.69, 9.17) is 9.16 Å². The van der Waals surface area contributed by atoms with Gasteiger partial charge in [0.25, 0.3) is 8.32 Å². The second-order valence-electron chi connectivity index (χ2n) is 9.13. The fourth-order valence-corrected chi connectivity index (χ4v) is 10.0. The van der Waals surface area contributed by atoms with Crippen LogP contribution < -0.4 is 10.4 Å². The third-order valence-corrected chi connectivity index (χ3v) is 12.5. The normalized spacial score (nSPS) is 19.7. The van der Waals surface area contributed by atoms with Crippen LogP contribution in [0.15, 0.2) is 89.8 Å². The summed E-state index contributed by atoms with van der Waals surface area (Å²) in [6.45, 7) is 9.25. The Bertz CT molecular complexity index is 990. The van der Waals surface area contributed by atoms with Gasteiger partial charge in [-0.3, -0.25) is 4.21 Å². The van der Waals surface area contributed by atoms with Gasteiger partial charge in [-0.15, -0.1) is 0 Å². The Labute approximate surface area is 189 Å². The Morgan fingerprint density at radius 1 is 0.871 bits per heavy atom. The van der Waals surface area contributed by atoms with Crippen molar-refractivity contribution in [3.8, 4) is 0 Å². The molecular formula is C26H30O3SSi. The van der Waals surface area contributed by atoms with Crippen molar-refractivity contribution >= 4 is 29.5 Å². The zero-order valence-corrected chi connectivity index (χ0v) is 20.4. The van der Waals surface area contributed by atoms with Crippen LogP contribution in [0.2, 0.25) is 5.04 Å². The molecule has 0 spiro atoms. The van der Waals surface area contributed by atoms with E-state index in [0.717, 1.165) is 10.5 Å². The lowest BCUT2D eigenvalue weighted by Crippen LogP contribution is -2.66. The number of rotatable bonds is 7. The lowest BCUT2D eigenvalue weighted by Gasteiger charge is -2.43. The lowest BCUT2D eigenvalue weighted by atomic mass is 10.2. The van der Waals surface area contributed by atoms with E-state index >= 15 is 0 Å². The first-order chi connectivity index (χ1) is 14.8. The summed E-state index contributed by atoms with van der Waals surface area (Å²) >= 11 is 0. The van der Waals surface area contributed by atoms with Crippen molar-refractivity contribution in [1.82, 2.24) is 0 Å². The molecule has 31 heavy (non-hydrogen) atoms. The molecule has 1 saturated heterocycles. The standard InChI is InChI=1S/C26H30O3SSi/c1-20-15-17-21(18-16-20)30(27)25-24(29-25)19-28-31(26(2,3)4,22-11-7-5-8-12-22)23-13-9-6-10-14-23/h5-18,24-25H,19H2,1-4H3/t24-,25+,30-/m0/s1. The van der Waals surface area contributed by atoms with Crippen molar-refractivity contribution in [2.75, 3.05) is 6.61 Å². The maximum Gasteiger partial charge on any atom is 0.261 e. The zero-order valence-electron chi connectivity index (χ0n) is 18.6. The molecule has 1 aliphatic rings. The van der Waals surface area contributed by atoms with Crippen LogP contribution in [-0.4, -0.2) is 30.7 Å². The molecule has 0 amide bonds. The van der Waals surface area contributed by atoms with Gasteiger partial charge < -0.3 is 9.16 Å². The van der Waals surface area contributed by atoms with Crippen LogP contribution in [-0.2, 0) is 20.0 Å². The fraction of sp³-hybridized carbons (Fsp3) is 0.308. The van der Waals surface area contributed by atoms with Gasteiger partial charge in [0.1, 0.15) is 6.10 Å². The third-order valence-electron chi connectivity index (χ3n) is 5.88. The zero-order chi connectivity index (χ0) is 22.1. The van der Waals surface area contributed by atoms with Crippen LogP contribution in [0.1, 0.15) is 26.3 Å². The number of benzene rings is 3. The summed E-state index contributed by atoms with van der Waals surface area (Å²) in [5, 5.41) is 2.40. The monoisotopic (exact) mass is 450 g/mol. The van der Waals surface area contributed by atoms with E-state index in [2.05, 4.69) is 69.3 Å². The molecule has 0 unspecified atom stereocenters. The number of hydrogen-bond donors (Lipinski definition) is 0. The van der Waals surface area contributed by atoms with Crippen LogP contribution in [0.5, 0.6) is 0 Å². The number of hydrogen-bond acceptors (Lipinski definition) is 3. The predicted molar refractivity (Wildman–Crippen MR) is 130 cm³/mol. The molecule has 3 aromatic carbocycles. The van der Waals surface area contributed by atoms with E-state index in [1.807, 2.05) is 43.3 Å². The maximum atomic E-state index is 12.9. The highest BCUT2D eigenvalue weighted by molar-refractivity contribution is 7.85. The van der Waals surface area contributed by atoms with E-state index in [1.54, 1.807) is 0 Å². The molecule has 0 bridgehead atoms. The summed E-state index contributed by atoms with van der Waals surface area (Å²) in [5.41, 5.74) is 0.852. The van der Waals surface area contributed by atoms with Gasteiger partial charge >= 0.3 is 0 Å². The molecule has 1 aliphatic heterocycles. The SMILES string of the molecule is Cc1ccc([S@](=O)[C@H]2O[C@H]2CO[Si](c2ccccc2)(c2ccccc2)C(C)(C)C)cc1. The Hall–Kier alpha value is -2.05. The highest BCUT2D eigenvalue weighted by Crippen LogP contribution is 2.38. The van der Waals surface area contributed by atoms with Crippen LogP contribution >= 0.6 is 0 Å². The highest BCUT2D eigenvalue weighted by Gasteiger charge is 2.53. The third kappa shape index (κ3) is 4.46. The molecule has 4 rings (SSSR count). The summed E-state index contributed by atoms with van der Waals surface area (Å²) in [7, 11) is -3.79. The van der Waals surface area contributed by atoms with Crippen LogP contribution in [0.4, 0.5) is 0 Å². The van der Waals surface area contributed by atoms with Crippen molar-refractivity contribution in [2.45, 2.75) is 49.2 Å². The number of ether oxygens (including phenoxy) is 1. The summed E-state index contributed by atoms with van der Waals surface area (Å²) in [5.74, 6) is 0. The van der Waals surface area contributed by atoms with Gasteiger partial charge in [-0.1, -0.05) is 99.1 Å². The summed E-state index contributed by atoms with van der Waals surface area (Å²) in [6.07, 6.45) is -0.149. The van der Waals surface area contributed by atoms with Gasteiger partial charge in [0.15, 0.2) is 5.44 Å². The highest BCUT2D eigenvalue weighted by atomic mass is 32.2. The molecular weight excluding hydrogens is 420 g/mol. The van der Waals surface area contributed by atoms with Crippen molar-refractivity contribution in [2.24, 2.45) is 0 Å².